The van der Waals surface area contributed by atoms with Crippen LogP contribution in [0.4, 0.5) is 14.9 Å². The van der Waals surface area contributed by atoms with Crippen molar-refractivity contribution in [3.05, 3.63) is 100 Å². The molecular weight excluding hydrogens is 487 g/mol. The molecule has 0 radical (unpaired) electrons. The van der Waals surface area contributed by atoms with Crippen LogP contribution >= 0.6 is 11.8 Å². The molecule has 2 N–H and O–H groups in total. The van der Waals surface area contributed by atoms with E-state index in [0.717, 1.165) is 22.2 Å². The van der Waals surface area contributed by atoms with E-state index in [1.807, 2.05) is 0 Å². The van der Waals surface area contributed by atoms with E-state index in [0.29, 0.717) is 17.0 Å². The number of carbonyl (C=O) groups excluding carboxylic acids is 3. The molecule has 8 nitrogen and oxygen atoms in total. The Labute approximate surface area is 209 Å². The number of carbonyl (C=O) groups is 4. The van der Waals surface area contributed by atoms with Crippen LogP contribution in [0, 0.1) is 5.82 Å². The van der Waals surface area contributed by atoms with E-state index in [-0.39, 0.29) is 17.1 Å². The molecule has 4 rings (SSSR count). The minimum Gasteiger partial charge on any atom is -0.489 e. The Bertz CT molecular complexity index is 1340. The smallest absolute Gasteiger partial charge is 0.335 e. The number of amides is 3. The third kappa shape index (κ3) is 6.16. The first-order chi connectivity index (χ1) is 17.3. The van der Waals surface area contributed by atoms with Crippen LogP contribution in [0.2, 0.25) is 0 Å². The van der Waals surface area contributed by atoms with Crippen molar-refractivity contribution < 1.29 is 33.4 Å². The number of carboxylic acids is 1. The molecule has 1 heterocycles. The lowest BCUT2D eigenvalue weighted by Crippen LogP contribution is -2.36. The van der Waals surface area contributed by atoms with Crippen LogP contribution in [0.3, 0.4) is 0 Å². The number of thioether (sulfide) groups is 1. The zero-order valence-electron chi connectivity index (χ0n) is 18.6. The van der Waals surface area contributed by atoms with Crippen LogP contribution in [0.1, 0.15) is 21.5 Å². The Hall–Kier alpha value is -4.44. The number of imide groups is 1. The van der Waals surface area contributed by atoms with Crippen molar-refractivity contribution in [1.29, 1.82) is 0 Å². The van der Waals surface area contributed by atoms with E-state index >= 15 is 0 Å². The van der Waals surface area contributed by atoms with Crippen molar-refractivity contribution in [3.8, 4) is 5.75 Å². The van der Waals surface area contributed by atoms with Gasteiger partial charge in [0.25, 0.3) is 11.1 Å². The van der Waals surface area contributed by atoms with Gasteiger partial charge in [0.15, 0.2) is 0 Å². The first kappa shape index (κ1) is 24.7. The highest BCUT2D eigenvalue weighted by atomic mass is 32.2. The minimum absolute atomic E-state index is 0.182. The quantitative estimate of drug-likeness (QED) is 0.423. The second-order valence-corrected chi connectivity index (χ2v) is 8.68. The normalized spacial score (nSPS) is 14.2. The summed E-state index contributed by atoms with van der Waals surface area (Å²) in [7, 11) is 0. The third-order valence-electron chi connectivity index (χ3n) is 5.09. The van der Waals surface area contributed by atoms with Gasteiger partial charge in [-0.05, 0) is 77.5 Å². The number of rotatable bonds is 8. The topological polar surface area (TPSA) is 113 Å². The molecular formula is C26H19FN2O6S. The summed E-state index contributed by atoms with van der Waals surface area (Å²) in [6.07, 6.45) is 1.55. The van der Waals surface area contributed by atoms with Gasteiger partial charge in [-0.2, -0.15) is 0 Å². The van der Waals surface area contributed by atoms with E-state index in [1.54, 1.807) is 42.5 Å². The number of nitrogens with zero attached hydrogens (tertiary/aromatic N) is 1. The molecule has 0 atom stereocenters. The lowest BCUT2D eigenvalue weighted by atomic mass is 10.1. The number of hydrogen-bond donors (Lipinski definition) is 2. The molecule has 3 aromatic rings. The Morgan fingerprint density at radius 1 is 0.972 bits per heavy atom. The fourth-order valence-corrected chi connectivity index (χ4v) is 4.07. The summed E-state index contributed by atoms with van der Waals surface area (Å²) in [5, 5.41) is 10.9. The van der Waals surface area contributed by atoms with Crippen molar-refractivity contribution >= 4 is 46.5 Å². The van der Waals surface area contributed by atoms with Crippen LogP contribution in [-0.4, -0.2) is 39.6 Å². The molecule has 3 aromatic carbocycles. The Kier molecular flexibility index (Phi) is 7.45. The van der Waals surface area contributed by atoms with Crippen molar-refractivity contribution in [2.75, 3.05) is 11.9 Å². The number of nitrogens with one attached hydrogen (secondary N) is 1. The van der Waals surface area contributed by atoms with Crippen LogP contribution in [0.25, 0.3) is 6.08 Å². The first-order valence-corrected chi connectivity index (χ1v) is 11.5. The van der Waals surface area contributed by atoms with E-state index in [1.165, 1.54) is 36.4 Å². The number of ether oxygens (including phenoxy) is 1. The molecule has 0 aliphatic carbocycles. The maximum atomic E-state index is 13.0. The fourth-order valence-electron chi connectivity index (χ4n) is 3.24. The Balaban J connectivity index is 1.33. The summed E-state index contributed by atoms with van der Waals surface area (Å²) in [5.41, 5.74) is 2.01. The summed E-state index contributed by atoms with van der Waals surface area (Å²) < 4.78 is 18.7. The number of halogens is 1. The van der Waals surface area contributed by atoms with Crippen LogP contribution in [0.5, 0.6) is 5.75 Å². The standard InChI is InChI=1S/C26H19FN2O6S/c27-19-7-9-20(10-8-19)28-23(30)14-29-24(31)22(36-26(29)34)13-16-3-11-21(12-4-16)35-15-17-1-5-18(6-2-17)25(32)33/h1-13H,14-15H2,(H,28,30)(H,32,33)/b22-13-. The van der Waals surface area contributed by atoms with Gasteiger partial charge in [-0.15, -0.1) is 0 Å². The molecule has 0 aromatic heterocycles. The van der Waals surface area contributed by atoms with Crippen LogP contribution in [-0.2, 0) is 16.2 Å². The maximum Gasteiger partial charge on any atom is 0.335 e. The molecule has 1 aliphatic heterocycles. The van der Waals surface area contributed by atoms with Gasteiger partial charge in [0.2, 0.25) is 5.91 Å². The van der Waals surface area contributed by atoms with Crippen molar-refractivity contribution in [1.82, 2.24) is 4.90 Å². The second-order valence-electron chi connectivity index (χ2n) is 7.68. The average molecular weight is 507 g/mol. The number of hydrogen-bond acceptors (Lipinski definition) is 6. The van der Waals surface area contributed by atoms with Gasteiger partial charge in [-0.3, -0.25) is 19.3 Å². The van der Waals surface area contributed by atoms with Crippen molar-refractivity contribution in [3.63, 3.8) is 0 Å². The summed E-state index contributed by atoms with van der Waals surface area (Å²) >= 11 is 0.738. The largest absolute Gasteiger partial charge is 0.489 e. The highest BCUT2D eigenvalue weighted by Crippen LogP contribution is 2.32. The zero-order chi connectivity index (χ0) is 25.7. The van der Waals surface area contributed by atoms with Crippen molar-refractivity contribution in [2.45, 2.75) is 6.61 Å². The number of benzene rings is 3. The van der Waals surface area contributed by atoms with E-state index in [2.05, 4.69) is 5.32 Å². The molecule has 0 saturated carbocycles. The summed E-state index contributed by atoms with van der Waals surface area (Å²) in [4.78, 5) is 49.2. The second kappa shape index (κ2) is 10.9. The maximum absolute atomic E-state index is 13.0. The van der Waals surface area contributed by atoms with E-state index in [9.17, 15) is 23.6 Å². The van der Waals surface area contributed by atoms with Crippen LogP contribution in [0.15, 0.2) is 77.7 Å². The minimum atomic E-state index is -0.996. The van der Waals surface area contributed by atoms with Gasteiger partial charge in [0, 0.05) is 5.69 Å². The van der Waals surface area contributed by atoms with Gasteiger partial charge >= 0.3 is 5.97 Å². The van der Waals surface area contributed by atoms with E-state index in [4.69, 9.17) is 9.84 Å². The third-order valence-corrected chi connectivity index (χ3v) is 5.99. The highest BCUT2D eigenvalue weighted by molar-refractivity contribution is 8.18. The SMILES string of the molecule is O=C(CN1C(=O)S/C(=C\c2ccc(OCc3ccc(C(=O)O)cc3)cc2)C1=O)Nc1ccc(F)cc1. The molecule has 0 spiro atoms. The lowest BCUT2D eigenvalue weighted by Gasteiger charge is -2.12. The zero-order valence-corrected chi connectivity index (χ0v) is 19.5. The number of aromatic carboxylic acids is 1. The molecule has 0 unspecified atom stereocenters. The van der Waals surface area contributed by atoms with Crippen molar-refractivity contribution in [2.24, 2.45) is 0 Å². The van der Waals surface area contributed by atoms with Gasteiger partial charge in [0.05, 0.1) is 10.5 Å². The van der Waals surface area contributed by atoms with Gasteiger partial charge in [0.1, 0.15) is 24.7 Å². The Morgan fingerprint density at radius 2 is 1.64 bits per heavy atom. The molecule has 1 saturated heterocycles. The number of anilines is 1. The summed E-state index contributed by atoms with van der Waals surface area (Å²) in [6.45, 7) is -0.211. The van der Waals surface area contributed by atoms with Gasteiger partial charge < -0.3 is 15.2 Å². The molecule has 1 aliphatic rings. The van der Waals surface area contributed by atoms with Gasteiger partial charge in [-0.1, -0.05) is 24.3 Å². The average Bonchev–Trinajstić information content (AvgIpc) is 3.12. The van der Waals surface area contributed by atoms with Crippen LogP contribution < -0.4 is 10.1 Å². The predicted molar refractivity (Wildman–Crippen MR) is 132 cm³/mol. The molecule has 182 valence electrons. The molecule has 0 bridgehead atoms. The van der Waals surface area contributed by atoms with E-state index < -0.39 is 35.4 Å². The molecule has 10 heteroatoms. The summed E-state index contributed by atoms with van der Waals surface area (Å²) in [6, 6.07) is 18.3. The molecule has 36 heavy (non-hydrogen) atoms. The highest BCUT2D eigenvalue weighted by Gasteiger charge is 2.36. The fraction of sp³-hybridized carbons (Fsp3) is 0.0769. The molecule has 3 amide bonds. The monoisotopic (exact) mass is 506 g/mol. The lowest BCUT2D eigenvalue weighted by molar-refractivity contribution is -0.127. The predicted octanol–water partition coefficient (Wildman–Crippen LogP) is 4.78. The first-order valence-electron chi connectivity index (χ1n) is 10.6. The summed E-state index contributed by atoms with van der Waals surface area (Å²) in [5.74, 6) is -2.03. The number of carboxylic acid groups (broad SMARTS) is 1. The molecule has 1 fully saturated rings. The van der Waals surface area contributed by atoms with Gasteiger partial charge in [-0.25, -0.2) is 9.18 Å². The Morgan fingerprint density at radius 3 is 2.28 bits per heavy atom.